The molecule has 5 rings (SSSR count). The van der Waals surface area contributed by atoms with E-state index in [-0.39, 0.29) is 11.3 Å². The lowest BCUT2D eigenvalue weighted by molar-refractivity contribution is -0.132. The number of Topliss-reactive ketones (excluding diaryl/α,β-unsaturated/α-hetero) is 1. The molecule has 3 heterocycles. The Hall–Kier alpha value is -3.36. The second-order valence-corrected chi connectivity index (χ2v) is 8.21. The first-order valence-electron chi connectivity index (χ1n) is 9.40. The summed E-state index contributed by atoms with van der Waals surface area (Å²) in [5, 5.41) is 13.7. The summed E-state index contributed by atoms with van der Waals surface area (Å²) in [7, 11) is 0. The van der Waals surface area contributed by atoms with E-state index in [9.17, 15) is 14.7 Å². The van der Waals surface area contributed by atoms with Gasteiger partial charge >= 0.3 is 5.91 Å². The van der Waals surface area contributed by atoms with Crippen molar-refractivity contribution in [3.05, 3.63) is 75.8 Å². The van der Waals surface area contributed by atoms with Crippen LogP contribution in [-0.4, -0.2) is 35.0 Å². The Morgan fingerprint density at radius 1 is 1.13 bits per heavy atom. The molecule has 31 heavy (non-hydrogen) atoms. The van der Waals surface area contributed by atoms with Gasteiger partial charge in [0.15, 0.2) is 16.6 Å². The molecule has 2 aromatic carbocycles. The van der Waals surface area contributed by atoms with Crippen molar-refractivity contribution in [1.29, 1.82) is 0 Å². The van der Waals surface area contributed by atoms with Gasteiger partial charge in [-0.15, -0.1) is 11.3 Å². The van der Waals surface area contributed by atoms with Gasteiger partial charge in [-0.1, -0.05) is 23.7 Å². The number of thiazole rings is 1. The second kappa shape index (κ2) is 7.72. The molecule has 9 heteroatoms. The number of carbonyl (C=O) groups excluding carboxylic acids is 2. The summed E-state index contributed by atoms with van der Waals surface area (Å²) in [5.74, 6) is -0.855. The number of aliphatic hydroxyl groups excluding tert-OH is 1. The molecular formula is C22H15ClN2O5S. The third kappa shape index (κ3) is 3.34. The smallest absolute Gasteiger partial charge is 0.301 e. The lowest BCUT2D eigenvalue weighted by atomic mass is 9.95. The summed E-state index contributed by atoms with van der Waals surface area (Å²) >= 11 is 7.41. The van der Waals surface area contributed by atoms with E-state index in [4.69, 9.17) is 21.1 Å². The predicted octanol–water partition coefficient (Wildman–Crippen LogP) is 4.19. The minimum absolute atomic E-state index is 0.0425. The molecule has 0 aliphatic carbocycles. The second-order valence-electron chi connectivity index (χ2n) is 6.90. The summed E-state index contributed by atoms with van der Waals surface area (Å²) in [6.45, 7) is 0.820. The van der Waals surface area contributed by atoms with Gasteiger partial charge in [0, 0.05) is 22.2 Å². The van der Waals surface area contributed by atoms with Gasteiger partial charge < -0.3 is 14.6 Å². The zero-order chi connectivity index (χ0) is 21.5. The number of nitrogens with zero attached hydrogens (tertiary/aromatic N) is 2. The molecule has 2 aliphatic rings. The molecule has 1 aromatic heterocycles. The van der Waals surface area contributed by atoms with Gasteiger partial charge in [0.1, 0.15) is 19.0 Å². The first kappa shape index (κ1) is 19.6. The molecular weight excluding hydrogens is 440 g/mol. The normalized spacial score (nSPS) is 19.6. The zero-order valence-corrected chi connectivity index (χ0v) is 17.5. The molecule has 156 valence electrons. The molecule has 1 saturated heterocycles. The SMILES string of the molecule is O=C1C(=O)N(c2nccs2)[C@H](c2cccc(Cl)c2)C1=C(O)c1ccc2c(c1)OCCO2. The molecule has 0 spiro atoms. The van der Waals surface area contributed by atoms with Gasteiger partial charge in [0.25, 0.3) is 5.78 Å². The predicted molar refractivity (Wildman–Crippen MR) is 116 cm³/mol. The van der Waals surface area contributed by atoms with E-state index in [1.54, 1.807) is 54.0 Å². The largest absolute Gasteiger partial charge is 0.507 e. The maximum atomic E-state index is 13.1. The van der Waals surface area contributed by atoms with Crippen LogP contribution in [-0.2, 0) is 9.59 Å². The number of benzene rings is 2. The molecule has 0 unspecified atom stereocenters. The average Bonchev–Trinajstić information content (AvgIpc) is 3.40. The molecule has 1 amide bonds. The molecule has 0 radical (unpaired) electrons. The number of ether oxygens (including phenoxy) is 2. The number of ketones is 1. The summed E-state index contributed by atoms with van der Waals surface area (Å²) in [5.41, 5.74) is 0.883. The van der Waals surface area contributed by atoms with Gasteiger partial charge in [-0.05, 0) is 35.9 Å². The van der Waals surface area contributed by atoms with Gasteiger partial charge in [0.05, 0.1) is 11.6 Å². The summed E-state index contributed by atoms with van der Waals surface area (Å²) in [6, 6.07) is 10.8. The van der Waals surface area contributed by atoms with Crippen LogP contribution < -0.4 is 14.4 Å². The number of carbonyl (C=O) groups is 2. The highest BCUT2D eigenvalue weighted by Crippen LogP contribution is 2.44. The summed E-state index contributed by atoms with van der Waals surface area (Å²) < 4.78 is 11.1. The lowest BCUT2D eigenvalue weighted by Crippen LogP contribution is -2.29. The van der Waals surface area contributed by atoms with Crippen molar-refractivity contribution in [2.24, 2.45) is 0 Å². The minimum Gasteiger partial charge on any atom is -0.507 e. The van der Waals surface area contributed by atoms with E-state index in [1.807, 2.05) is 0 Å². The van der Waals surface area contributed by atoms with Crippen molar-refractivity contribution in [2.45, 2.75) is 6.04 Å². The summed E-state index contributed by atoms with van der Waals surface area (Å²) in [6.07, 6.45) is 1.55. The first-order chi connectivity index (χ1) is 15.0. The molecule has 0 bridgehead atoms. The molecule has 1 fully saturated rings. The number of amides is 1. The van der Waals surface area contributed by atoms with Gasteiger partial charge in [-0.2, -0.15) is 0 Å². The van der Waals surface area contributed by atoms with Crippen molar-refractivity contribution in [3.8, 4) is 11.5 Å². The van der Waals surface area contributed by atoms with Crippen LogP contribution in [0.4, 0.5) is 5.13 Å². The van der Waals surface area contributed by atoms with Crippen molar-refractivity contribution in [1.82, 2.24) is 4.98 Å². The molecule has 2 aliphatic heterocycles. The topological polar surface area (TPSA) is 89.0 Å². The van der Waals surface area contributed by atoms with Gasteiger partial charge in [-0.25, -0.2) is 4.98 Å². The van der Waals surface area contributed by atoms with E-state index in [2.05, 4.69) is 4.98 Å². The maximum absolute atomic E-state index is 13.1. The Morgan fingerprint density at radius 2 is 1.94 bits per heavy atom. The van der Waals surface area contributed by atoms with Crippen molar-refractivity contribution < 1.29 is 24.2 Å². The standard InChI is InChI=1S/C22H15ClN2O5S/c23-14-3-1-2-12(10-14)18-17(20(27)21(28)25(18)22-24-6-9-31-22)19(26)13-4-5-15-16(11-13)30-8-7-29-15/h1-6,9-11,18,26H,7-8H2/t18-/m1/s1. The third-order valence-corrected chi connectivity index (χ3v) is 6.06. The number of aliphatic hydroxyl groups is 1. The van der Waals surface area contributed by atoms with Crippen LogP contribution in [0.2, 0.25) is 5.02 Å². The number of halogens is 1. The Balaban J connectivity index is 1.69. The highest BCUT2D eigenvalue weighted by molar-refractivity contribution is 7.14. The number of anilines is 1. The van der Waals surface area contributed by atoms with Crippen LogP contribution in [0.25, 0.3) is 5.76 Å². The van der Waals surface area contributed by atoms with E-state index in [0.29, 0.717) is 46.0 Å². The monoisotopic (exact) mass is 454 g/mol. The highest BCUT2D eigenvalue weighted by Gasteiger charge is 2.48. The first-order valence-corrected chi connectivity index (χ1v) is 10.7. The number of hydrogen-bond acceptors (Lipinski definition) is 7. The Morgan fingerprint density at radius 3 is 2.68 bits per heavy atom. The summed E-state index contributed by atoms with van der Waals surface area (Å²) in [4.78, 5) is 31.5. The Labute approximate surface area is 186 Å². The molecule has 1 N–H and O–H groups in total. The molecule has 1 atom stereocenters. The van der Waals surface area contributed by atoms with Crippen LogP contribution in [0.1, 0.15) is 17.2 Å². The number of fused-ring (bicyclic) bond motifs is 1. The minimum atomic E-state index is -0.877. The fourth-order valence-corrected chi connectivity index (χ4v) is 4.57. The van der Waals surface area contributed by atoms with E-state index < -0.39 is 17.7 Å². The van der Waals surface area contributed by atoms with Crippen LogP contribution in [0, 0.1) is 0 Å². The van der Waals surface area contributed by atoms with Gasteiger partial charge in [0.2, 0.25) is 0 Å². The quantitative estimate of drug-likeness (QED) is 0.362. The number of aromatic nitrogens is 1. The van der Waals surface area contributed by atoms with Crippen molar-refractivity contribution in [3.63, 3.8) is 0 Å². The Bertz CT molecular complexity index is 1220. The van der Waals surface area contributed by atoms with Crippen molar-refractivity contribution in [2.75, 3.05) is 18.1 Å². The van der Waals surface area contributed by atoms with Crippen LogP contribution in [0.3, 0.4) is 0 Å². The van der Waals surface area contributed by atoms with E-state index >= 15 is 0 Å². The van der Waals surface area contributed by atoms with Crippen LogP contribution in [0.15, 0.2) is 59.6 Å². The van der Waals surface area contributed by atoms with Gasteiger partial charge in [-0.3, -0.25) is 14.5 Å². The molecule has 3 aromatic rings. The number of rotatable bonds is 3. The maximum Gasteiger partial charge on any atom is 0.301 e. The van der Waals surface area contributed by atoms with E-state index in [1.165, 1.54) is 16.2 Å². The Kier molecular flexibility index (Phi) is 4.88. The lowest BCUT2D eigenvalue weighted by Gasteiger charge is -2.23. The zero-order valence-electron chi connectivity index (χ0n) is 15.9. The molecule has 7 nitrogen and oxygen atoms in total. The van der Waals surface area contributed by atoms with E-state index in [0.717, 1.165) is 0 Å². The number of hydrogen-bond donors (Lipinski definition) is 1. The van der Waals surface area contributed by atoms with Crippen LogP contribution >= 0.6 is 22.9 Å². The van der Waals surface area contributed by atoms with Crippen molar-refractivity contribution >= 4 is 45.5 Å². The molecule has 0 saturated carbocycles. The average molecular weight is 455 g/mol. The third-order valence-electron chi connectivity index (χ3n) is 5.05. The van der Waals surface area contributed by atoms with Crippen LogP contribution in [0.5, 0.6) is 11.5 Å². The fraction of sp³-hybridized carbons (Fsp3) is 0.136. The highest BCUT2D eigenvalue weighted by atomic mass is 35.5. The fourth-order valence-electron chi connectivity index (χ4n) is 3.70.